The Hall–Kier alpha value is -0.550. The van der Waals surface area contributed by atoms with Crippen LogP contribution in [0.1, 0.15) is 0 Å². The summed E-state index contributed by atoms with van der Waals surface area (Å²) in [5.41, 5.74) is 0. The molecule has 0 aliphatic heterocycles. The van der Waals surface area contributed by atoms with E-state index in [1.165, 1.54) is 0 Å². The summed E-state index contributed by atoms with van der Waals surface area (Å²) in [5, 5.41) is 0. The minimum atomic E-state index is -5.11. The van der Waals surface area contributed by atoms with Crippen molar-refractivity contribution in [3.63, 3.8) is 0 Å². The van der Waals surface area contributed by atoms with Crippen molar-refractivity contribution in [2.75, 3.05) is 6.61 Å². The molecule has 6 nitrogen and oxygen atoms in total. The summed E-state index contributed by atoms with van der Waals surface area (Å²) in [6.07, 6.45) is -0.129. The lowest BCUT2D eigenvalue weighted by atomic mass is 10.5. The molecule has 0 saturated heterocycles. The van der Waals surface area contributed by atoms with Crippen LogP contribution in [-0.4, -0.2) is 18.7 Å². The number of Topliss-reactive ketones (excluding diaryl/α,β-unsaturated/α-hetero) is 1. The van der Waals surface area contributed by atoms with Crippen molar-refractivity contribution in [2.45, 2.75) is 0 Å². The Morgan fingerprint density at radius 2 is 2.10 bits per heavy atom. The Morgan fingerprint density at radius 3 is 2.40 bits per heavy atom. The Morgan fingerprint density at radius 1 is 1.60 bits per heavy atom. The van der Waals surface area contributed by atoms with E-state index in [1.807, 2.05) is 0 Å². The summed E-state index contributed by atoms with van der Waals surface area (Å²) in [6.45, 7) is -1.01. The molecule has 0 bridgehead atoms. The quantitative estimate of drug-likeness (QED) is 0.261. The minimum Gasteiger partial charge on any atom is -0.790 e. The molecule has 0 aromatic carbocycles. The van der Waals surface area contributed by atoms with Gasteiger partial charge in [0, 0.05) is 0 Å². The number of rotatable bonds is 4. The van der Waals surface area contributed by atoms with E-state index in [0.29, 0.717) is 0 Å². The molecule has 58 valence electrons. The van der Waals surface area contributed by atoms with Gasteiger partial charge in [0.05, 0.1) is 7.82 Å². The van der Waals surface area contributed by atoms with Crippen LogP contribution in [0.5, 0.6) is 0 Å². The summed E-state index contributed by atoms with van der Waals surface area (Å²) in [7, 11) is -5.11. The van der Waals surface area contributed by atoms with Gasteiger partial charge < -0.3 is 18.9 Å². The van der Waals surface area contributed by atoms with Crippen LogP contribution in [0, 0.1) is 0 Å². The molecule has 0 saturated carbocycles. The van der Waals surface area contributed by atoms with E-state index in [-0.39, 0.29) is 6.29 Å². The molecule has 0 N–H and O–H groups in total. The number of carbonyl (C=O) groups excluding carboxylic acids is 2. The van der Waals surface area contributed by atoms with Gasteiger partial charge in [0.15, 0.2) is 6.29 Å². The molecule has 0 atom stereocenters. The van der Waals surface area contributed by atoms with Crippen LogP contribution < -0.4 is 9.79 Å². The van der Waals surface area contributed by atoms with Gasteiger partial charge in [-0.05, 0) is 0 Å². The first kappa shape index (κ1) is 9.45. The van der Waals surface area contributed by atoms with Crippen molar-refractivity contribution >= 4 is 19.9 Å². The molecule has 0 aromatic heterocycles. The highest BCUT2D eigenvalue weighted by Crippen LogP contribution is 2.23. The van der Waals surface area contributed by atoms with Gasteiger partial charge in [0.25, 0.3) is 0 Å². The SMILES string of the molecule is O=CC(=O)COP(=O)([O-])[O-]. The van der Waals surface area contributed by atoms with Gasteiger partial charge in [0.2, 0.25) is 5.78 Å². The van der Waals surface area contributed by atoms with Gasteiger partial charge in [0.1, 0.15) is 6.61 Å². The first-order valence-electron chi connectivity index (χ1n) is 2.10. The summed E-state index contributed by atoms with van der Waals surface area (Å²) in [5.74, 6) is -1.09. The molecule has 0 unspecified atom stereocenters. The first-order valence-corrected chi connectivity index (χ1v) is 3.56. The minimum absolute atomic E-state index is 0.129. The molecule has 0 aromatic rings. The number of phosphoric acid groups is 1. The van der Waals surface area contributed by atoms with Gasteiger partial charge in [-0.15, -0.1) is 0 Å². The second-order valence-corrected chi connectivity index (χ2v) is 2.46. The van der Waals surface area contributed by atoms with E-state index in [2.05, 4.69) is 4.52 Å². The lowest BCUT2D eigenvalue weighted by molar-refractivity contribution is -0.341. The Labute approximate surface area is 56.0 Å². The summed E-state index contributed by atoms with van der Waals surface area (Å²) in [6, 6.07) is 0. The highest BCUT2D eigenvalue weighted by molar-refractivity contribution is 7.43. The highest BCUT2D eigenvalue weighted by atomic mass is 31.2. The molecule has 0 amide bonds. The topological polar surface area (TPSA) is 107 Å². The fraction of sp³-hybridized carbons (Fsp3) is 0.333. The zero-order valence-corrected chi connectivity index (χ0v) is 5.58. The second-order valence-electron chi connectivity index (χ2n) is 1.30. The first-order chi connectivity index (χ1) is 4.45. The molecule has 0 rings (SSSR count). The van der Waals surface area contributed by atoms with Crippen LogP contribution in [0.15, 0.2) is 0 Å². The summed E-state index contributed by atoms with van der Waals surface area (Å²) < 4.78 is 13.1. The fourth-order valence-electron chi connectivity index (χ4n) is 0.177. The van der Waals surface area contributed by atoms with Crippen molar-refractivity contribution in [3.8, 4) is 0 Å². The third-order valence-corrected chi connectivity index (χ3v) is 0.942. The van der Waals surface area contributed by atoms with Crippen LogP contribution in [0.25, 0.3) is 0 Å². The van der Waals surface area contributed by atoms with Gasteiger partial charge in [-0.3, -0.25) is 9.59 Å². The zero-order valence-electron chi connectivity index (χ0n) is 4.68. The number of aldehydes is 1. The smallest absolute Gasteiger partial charge is 0.221 e. The third kappa shape index (κ3) is 5.58. The maximum atomic E-state index is 9.97. The molecule has 0 spiro atoms. The maximum Gasteiger partial charge on any atom is 0.221 e. The molecule has 0 radical (unpaired) electrons. The normalized spacial score (nSPS) is 11.0. The predicted molar refractivity (Wildman–Crippen MR) is 24.6 cm³/mol. The van der Waals surface area contributed by atoms with E-state index >= 15 is 0 Å². The average molecular weight is 166 g/mol. The van der Waals surface area contributed by atoms with E-state index in [9.17, 15) is 23.9 Å². The third-order valence-electron chi connectivity index (χ3n) is 0.496. The predicted octanol–water partition coefficient (Wildman–Crippen LogP) is -2.40. The standard InChI is InChI=1S/C3H5O6P/c4-1-3(5)2-9-10(6,7)8/h1H,2H2,(H2,6,7,8)/p-2. The van der Waals surface area contributed by atoms with Crippen molar-refractivity contribution in [3.05, 3.63) is 0 Å². The number of ketones is 1. The molecular formula is C3H3O6P-2. The lowest BCUT2D eigenvalue weighted by Gasteiger charge is -2.27. The van der Waals surface area contributed by atoms with Crippen molar-refractivity contribution in [1.29, 1.82) is 0 Å². The van der Waals surface area contributed by atoms with E-state index in [0.717, 1.165) is 0 Å². The van der Waals surface area contributed by atoms with Crippen LogP contribution in [0.3, 0.4) is 0 Å². The highest BCUT2D eigenvalue weighted by Gasteiger charge is 1.99. The van der Waals surface area contributed by atoms with Gasteiger partial charge in [-0.2, -0.15) is 0 Å². The largest absolute Gasteiger partial charge is 0.790 e. The van der Waals surface area contributed by atoms with Crippen molar-refractivity contribution < 1.29 is 28.5 Å². The molecular weight excluding hydrogens is 163 g/mol. The summed E-state index contributed by atoms with van der Waals surface area (Å²) >= 11 is 0. The molecule has 0 heterocycles. The number of hydrogen-bond donors (Lipinski definition) is 0. The van der Waals surface area contributed by atoms with E-state index < -0.39 is 20.2 Å². The van der Waals surface area contributed by atoms with Crippen LogP contribution >= 0.6 is 7.82 Å². The molecule has 10 heavy (non-hydrogen) atoms. The molecule has 0 fully saturated rings. The van der Waals surface area contributed by atoms with Crippen LogP contribution in [0.2, 0.25) is 0 Å². The Bertz CT molecular complexity index is 179. The van der Waals surface area contributed by atoms with Crippen LogP contribution in [-0.2, 0) is 18.7 Å². The molecule has 0 aliphatic rings. The van der Waals surface area contributed by atoms with Crippen LogP contribution in [0.4, 0.5) is 0 Å². The monoisotopic (exact) mass is 166 g/mol. The Kier molecular flexibility index (Phi) is 3.38. The van der Waals surface area contributed by atoms with Gasteiger partial charge in [-0.25, -0.2) is 0 Å². The van der Waals surface area contributed by atoms with E-state index in [1.54, 1.807) is 0 Å². The number of carbonyl (C=O) groups is 2. The second kappa shape index (κ2) is 3.58. The average Bonchev–Trinajstić information content (AvgIpc) is 1.81. The molecule has 7 heteroatoms. The van der Waals surface area contributed by atoms with E-state index in [4.69, 9.17) is 0 Å². The van der Waals surface area contributed by atoms with Gasteiger partial charge >= 0.3 is 0 Å². The number of hydrogen-bond acceptors (Lipinski definition) is 6. The maximum absolute atomic E-state index is 9.97. The number of phosphoric ester groups is 1. The van der Waals surface area contributed by atoms with Gasteiger partial charge in [-0.1, -0.05) is 0 Å². The Balaban J connectivity index is 3.66. The lowest BCUT2D eigenvalue weighted by Crippen LogP contribution is -2.20. The van der Waals surface area contributed by atoms with Crippen molar-refractivity contribution in [1.82, 2.24) is 0 Å². The summed E-state index contributed by atoms with van der Waals surface area (Å²) in [4.78, 5) is 38.7. The fourth-order valence-corrected chi connectivity index (χ4v) is 0.462. The molecule has 0 aliphatic carbocycles. The van der Waals surface area contributed by atoms with Crippen molar-refractivity contribution in [2.24, 2.45) is 0 Å². The zero-order chi connectivity index (χ0) is 8.20.